The normalized spacial score (nSPS) is 38.3. The molecule has 15 heteroatoms. The highest BCUT2D eigenvalue weighted by atomic mass is 32.2. The fourth-order valence-corrected chi connectivity index (χ4v) is 12.0. The molecule has 4 fully saturated rings. The van der Waals surface area contributed by atoms with E-state index in [1.165, 1.54) is 13.8 Å². The van der Waals surface area contributed by atoms with Crippen molar-refractivity contribution in [3.05, 3.63) is 47.0 Å². The number of hydrogen-bond acceptors (Lipinski definition) is 14. The standard InChI is InChI=1S/C47H67NO13S/c1-28-31-26-47(57)42(40-45(5,41(55)38(53)36(28)44(47,3)4)32(50)25-33-46(40,27-58-33)61-29(2)49)60-35(52)22-16-9-7-11-18-24-62-23-17-10-6-8-15-21-34(51)48-37(39(54)43(56)59-31)30-19-13-12-14-20-30/h12-14,19-20,31-33,37-40,42,50,53-54,57H,6-11,15-18,21-27H2,1-5H3,(H,48,51)/t31-,32-,33+,37-,38+,39+,40-,42-,45+,46-,47+/m0/s1. The van der Waals surface area contributed by atoms with Crippen molar-refractivity contribution in [1.82, 2.24) is 5.32 Å². The predicted molar refractivity (Wildman–Crippen MR) is 229 cm³/mol. The molecular weight excluding hydrogens is 819 g/mol. The Labute approximate surface area is 369 Å². The number of aliphatic hydroxyl groups excluding tert-OH is 3. The summed E-state index contributed by atoms with van der Waals surface area (Å²) in [5.41, 5.74) is -6.78. The van der Waals surface area contributed by atoms with Crippen LogP contribution >= 0.6 is 11.8 Å². The van der Waals surface area contributed by atoms with Crippen LogP contribution < -0.4 is 5.32 Å². The molecule has 344 valence electrons. The zero-order chi connectivity index (χ0) is 45.0. The smallest absolute Gasteiger partial charge is 0.338 e. The minimum atomic E-state index is -2.26. The summed E-state index contributed by atoms with van der Waals surface area (Å²) in [6.07, 6.45) is -0.943. The predicted octanol–water partition coefficient (Wildman–Crippen LogP) is 4.97. The number of benzene rings is 1. The maximum Gasteiger partial charge on any atom is 0.338 e. The molecule has 2 saturated heterocycles. The molecule has 11 atom stereocenters. The Hall–Kier alpha value is -3.34. The molecule has 6 rings (SSSR count). The molecular formula is C47H67NO13S. The lowest BCUT2D eigenvalue weighted by Crippen LogP contribution is -2.81. The molecule has 0 unspecified atom stereocenters. The number of thioether (sulfide) groups is 1. The lowest BCUT2D eigenvalue weighted by atomic mass is 9.44. The molecule has 14 nitrogen and oxygen atoms in total. The number of fused-ring (bicyclic) bond motifs is 6. The number of rotatable bonds is 2. The minimum absolute atomic E-state index is 0.0000156. The fourth-order valence-electron chi connectivity index (χ4n) is 10.9. The van der Waals surface area contributed by atoms with Gasteiger partial charge in [0.15, 0.2) is 17.5 Å². The van der Waals surface area contributed by atoms with Gasteiger partial charge < -0.3 is 44.7 Å². The van der Waals surface area contributed by atoms with Gasteiger partial charge in [-0.15, -0.1) is 0 Å². The second-order valence-electron chi connectivity index (χ2n) is 18.9. The van der Waals surface area contributed by atoms with Crippen LogP contribution in [-0.4, -0.2) is 116 Å². The first-order valence-electron chi connectivity index (χ1n) is 22.6. The Balaban J connectivity index is 1.43. The molecule has 1 aromatic rings. The molecule has 0 aromatic heterocycles. The molecule has 2 heterocycles. The summed E-state index contributed by atoms with van der Waals surface area (Å²) in [5.74, 6) is -3.09. The molecule has 0 spiro atoms. The Bertz CT molecular complexity index is 1840. The second kappa shape index (κ2) is 19.8. The van der Waals surface area contributed by atoms with Crippen LogP contribution in [0.1, 0.15) is 136 Å². The number of nitrogens with one attached hydrogen (secondary N) is 1. The van der Waals surface area contributed by atoms with E-state index in [-0.39, 0.29) is 42.9 Å². The fraction of sp³-hybridized carbons (Fsp3) is 0.723. The largest absolute Gasteiger partial charge is 0.459 e. The average Bonchev–Trinajstić information content (AvgIpc) is 3.22. The highest BCUT2D eigenvalue weighted by Gasteiger charge is 2.78. The van der Waals surface area contributed by atoms with E-state index in [0.717, 1.165) is 62.9 Å². The second-order valence-corrected chi connectivity index (χ2v) is 20.1. The number of aliphatic hydroxyl groups is 4. The van der Waals surface area contributed by atoms with E-state index in [4.69, 9.17) is 18.9 Å². The van der Waals surface area contributed by atoms with Crippen molar-refractivity contribution in [3.63, 3.8) is 0 Å². The van der Waals surface area contributed by atoms with Crippen LogP contribution in [0.15, 0.2) is 41.5 Å². The van der Waals surface area contributed by atoms with Crippen molar-refractivity contribution < 1.29 is 63.3 Å². The van der Waals surface area contributed by atoms with Crippen molar-refractivity contribution in [2.75, 3.05) is 18.1 Å². The quantitative estimate of drug-likeness (QED) is 0.151. The van der Waals surface area contributed by atoms with Crippen molar-refractivity contribution in [1.29, 1.82) is 0 Å². The van der Waals surface area contributed by atoms with Crippen LogP contribution in [0.2, 0.25) is 0 Å². The van der Waals surface area contributed by atoms with Gasteiger partial charge >= 0.3 is 17.9 Å². The van der Waals surface area contributed by atoms with Gasteiger partial charge in [-0.1, -0.05) is 82.7 Å². The van der Waals surface area contributed by atoms with Gasteiger partial charge in [-0.05, 0) is 67.7 Å². The highest BCUT2D eigenvalue weighted by Crippen LogP contribution is 2.64. The van der Waals surface area contributed by atoms with E-state index >= 15 is 4.79 Å². The van der Waals surface area contributed by atoms with Gasteiger partial charge in [0.05, 0.1) is 30.1 Å². The molecule has 2 aliphatic heterocycles. The molecule has 5 N–H and O–H groups in total. The van der Waals surface area contributed by atoms with E-state index in [2.05, 4.69) is 5.32 Å². The van der Waals surface area contributed by atoms with Gasteiger partial charge in [0.25, 0.3) is 0 Å². The van der Waals surface area contributed by atoms with Crippen molar-refractivity contribution in [3.8, 4) is 0 Å². The Morgan fingerprint density at radius 1 is 0.855 bits per heavy atom. The van der Waals surface area contributed by atoms with E-state index in [0.29, 0.717) is 18.4 Å². The molecule has 3 aliphatic carbocycles. The van der Waals surface area contributed by atoms with E-state index in [9.17, 15) is 39.6 Å². The molecule has 0 radical (unpaired) electrons. The third-order valence-corrected chi connectivity index (χ3v) is 15.7. The zero-order valence-corrected chi connectivity index (χ0v) is 37.7. The Morgan fingerprint density at radius 2 is 1.47 bits per heavy atom. The summed E-state index contributed by atoms with van der Waals surface area (Å²) < 4.78 is 24.4. The molecule has 1 aromatic carbocycles. The Morgan fingerprint density at radius 3 is 2.08 bits per heavy atom. The lowest BCUT2D eigenvalue weighted by molar-refractivity contribution is -0.347. The molecule has 1 amide bonds. The summed E-state index contributed by atoms with van der Waals surface area (Å²) in [5, 5.41) is 52.2. The number of carbonyl (C=O) groups is 5. The van der Waals surface area contributed by atoms with Gasteiger partial charge in [-0.3, -0.25) is 19.2 Å². The van der Waals surface area contributed by atoms with E-state index in [1.807, 2.05) is 11.8 Å². The number of esters is 3. The van der Waals surface area contributed by atoms with Gasteiger partial charge in [-0.2, -0.15) is 11.8 Å². The van der Waals surface area contributed by atoms with Crippen molar-refractivity contribution in [2.45, 2.75) is 178 Å². The van der Waals surface area contributed by atoms with E-state index < -0.39 is 101 Å². The zero-order valence-electron chi connectivity index (χ0n) is 36.9. The van der Waals surface area contributed by atoms with Crippen LogP contribution in [0.4, 0.5) is 0 Å². The number of amides is 1. The van der Waals surface area contributed by atoms with Gasteiger partial charge in [0.2, 0.25) is 5.91 Å². The van der Waals surface area contributed by atoms with Crippen molar-refractivity contribution in [2.24, 2.45) is 16.7 Å². The SMILES string of the molecule is CC(=O)O[C@@]12CO[C@@H]1C[C@H](O)[C@@]1(C)C(=O)[C@H](O)C3=C(C)[C@@H]4C[C@@](O)([C@@H](OC(=O)CCCCCCCSCCCCCCCC(=O)N[C@@H](c5ccccc5)[C@@H](O)C(=O)O4)[C@H]21)C3(C)C. The first-order valence-corrected chi connectivity index (χ1v) is 23.7. The summed E-state index contributed by atoms with van der Waals surface area (Å²) in [7, 11) is 0. The molecule has 5 aliphatic rings. The minimum Gasteiger partial charge on any atom is -0.459 e. The van der Waals surface area contributed by atoms with E-state index in [1.54, 1.807) is 51.1 Å². The van der Waals surface area contributed by atoms with Crippen LogP contribution in [0.25, 0.3) is 0 Å². The van der Waals surface area contributed by atoms with Gasteiger partial charge in [0.1, 0.15) is 30.0 Å². The molecule has 62 heavy (non-hydrogen) atoms. The summed E-state index contributed by atoms with van der Waals surface area (Å²) in [4.78, 5) is 69.6. The maximum atomic E-state index is 15.0. The molecule has 3 bridgehead atoms. The lowest BCUT2D eigenvalue weighted by Gasteiger charge is -2.67. The number of ether oxygens (including phenoxy) is 4. The third kappa shape index (κ3) is 9.26. The van der Waals surface area contributed by atoms with Gasteiger partial charge in [-0.25, -0.2) is 4.79 Å². The molecule has 2 saturated carbocycles. The summed E-state index contributed by atoms with van der Waals surface area (Å²) in [6.45, 7) is 7.16. The summed E-state index contributed by atoms with van der Waals surface area (Å²) >= 11 is 1.93. The monoisotopic (exact) mass is 885 g/mol. The number of hydrogen-bond donors (Lipinski definition) is 5. The van der Waals surface area contributed by atoms with Crippen LogP contribution in [0, 0.1) is 16.7 Å². The average molecular weight is 886 g/mol. The third-order valence-electron chi connectivity index (χ3n) is 14.6. The van der Waals surface area contributed by atoms with Crippen molar-refractivity contribution >= 4 is 41.4 Å². The van der Waals surface area contributed by atoms with Gasteiger partial charge in [0, 0.05) is 38.0 Å². The number of ketones is 1. The number of carbonyl (C=O) groups excluding carboxylic acids is 5. The van der Waals surface area contributed by atoms with Crippen LogP contribution in [0.3, 0.4) is 0 Å². The topological polar surface area (TPSA) is 215 Å². The first kappa shape index (κ1) is 48.1. The highest BCUT2D eigenvalue weighted by molar-refractivity contribution is 7.99. The number of Topliss-reactive ketones (excluding diaryl/α,β-unsaturated/α-hetero) is 1. The maximum absolute atomic E-state index is 15.0. The Kier molecular flexibility index (Phi) is 15.4. The first-order chi connectivity index (χ1) is 29.4. The van der Waals surface area contributed by atoms with Crippen LogP contribution in [-0.2, 0) is 42.9 Å². The van der Waals surface area contributed by atoms with Crippen LogP contribution in [0.5, 0.6) is 0 Å². The summed E-state index contributed by atoms with van der Waals surface area (Å²) in [6, 6.07) is 7.33.